The van der Waals surface area contributed by atoms with Gasteiger partial charge in [-0.1, -0.05) is 12.1 Å². The molecule has 90 valence electrons. The van der Waals surface area contributed by atoms with Crippen LogP contribution in [0.3, 0.4) is 0 Å². The molecule has 4 nitrogen and oxygen atoms in total. The Kier molecular flexibility index (Phi) is 4.53. The van der Waals surface area contributed by atoms with Gasteiger partial charge < -0.3 is 9.64 Å². The van der Waals surface area contributed by atoms with Gasteiger partial charge in [0.05, 0.1) is 13.2 Å². The Morgan fingerprint density at radius 3 is 2.53 bits per heavy atom. The lowest BCUT2D eigenvalue weighted by Crippen LogP contribution is -2.30. The molecule has 0 radical (unpaired) electrons. The van der Waals surface area contributed by atoms with E-state index in [0.29, 0.717) is 6.54 Å². The summed E-state index contributed by atoms with van der Waals surface area (Å²) < 4.78 is 5.05. The van der Waals surface area contributed by atoms with Gasteiger partial charge in [0.1, 0.15) is 11.7 Å². The van der Waals surface area contributed by atoms with Crippen LogP contribution in [-0.2, 0) is 11.3 Å². The number of benzene rings is 1. The molecular weight excluding hydrogens is 216 g/mol. The number of carbonyl (C=O) groups excluding carboxylic acids is 1. The molecule has 1 unspecified atom stereocenters. The van der Waals surface area contributed by atoms with E-state index in [4.69, 9.17) is 10.00 Å². The van der Waals surface area contributed by atoms with Crippen molar-refractivity contribution in [2.24, 2.45) is 5.92 Å². The zero-order chi connectivity index (χ0) is 12.8. The quantitative estimate of drug-likeness (QED) is 0.795. The van der Waals surface area contributed by atoms with Crippen LogP contribution in [0.15, 0.2) is 24.3 Å². The molecule has 0 aliphatic rings. The van der Waals surface area contributed by atoms with Gasteiger partial charge in [-0.05, 0) is 24.6 Å². The highest BCUT2D eigenvalue weighted by Gasteiger charge is 2.16. The molecule has 0 bridgehead atoms. The predicted octanol–water partition coefficient (Wildman–Crippen LogP) is 1.81. The highest BCUT2D eigenvalue weighted by atomic mass is 16.5. The molecule has 1 rings (SSSR count). The van der Waals surface area contributed by atoms with Crippen LogP contribution in [0.5, 0.6) is 5.75 Å². The van der Waals surface area contributed by atoms with Crippen molar-refractivity contribution in [3.05, 3.63) is 29.8 Å². The minimum Gasteiger partial charge on any atom is -0.497 e. The largest absolute Gasteiger partial charge is 0.497 e. The predicted molar refractivity (Wildman–Crippen MR) is 64.2 cm³/mol. The lowest BCUT2D eigenvalue weighted by Gasteiger charge is -2.18. The maximum Gasteiger partial charge on any atom is 0.239 e. The van der Waals surface area contributed by atoms with Gasteiger partial charge in [-0.2, -0.15) is 5.26 Å². The molecule has 0 aliphatic heterocycles. The molecule has 0 saturated carbocycles. The summed E-state index contributed by atoms with van der Waals surface area (Å²) in [6.45, 7) is 2.10. The Morgan fingerprint density at radius 2 is 2.06 bits per heavy atom. The number of carbonyl (C=O) groups is 1. The minimum atomic E-state index is -0.599. The second-order valence-electron chi connectivity index (χ2n) is 3.89. The van der Waals surface area contributed by atoms with E-state index in [9.17, 15) is 4.79 Å². The number of rotatable bonds is 4. The normalized spacial score (nSPS) is 11.4. The SMILES string of the molecule is COc1ccc(CN(C)C(=O)C(C)C#N)cc1. The molecule has 0 aliphatic carbocycles. The Hall–Kier alpha value is -2.02. The van der Waals surface area contributed by atoms with Crippen molar-refractivity contribution in [3.63, 3.8) is 0 Å². The fourth-order valence-corrected chi connectivity index (χ4v) is 1.47. The van der Waals surface area contributed by atoms with Gasteiger partial charge in [-0.25, -0.2) is 0 Å². The van der Waals surface area contributed by atoms with E-state index >= 15 is 0 Å². The van der Waals surface area contributed by atoms with E-state index in [1.54, 1.807) is 26.0 Å². The first-order valence-corrected chi connectivity index (χ1v) is 5.36. The van der Waals surface area contributed by atoms with Crippen molar-refractivity contribution in [1.29, 1.82) is 5.26 Å². The molecule has 4 heteroatoms. The summed E-state index contributed by atoms with van der Waals surface area (Å²) in [5.74, 6) is 0.0229. The van der Waals surface area contributed by atoms with E-state index in [-0.39, 0.29) is 5.91 Å². The average molecular weight is 232 g/mol. The van der Waals surface area contributed by atoms with Gasteiger partial charge in [-0.15, -0.1) is 0 Å². The van der Waals surface area contributed by atoms with Crippen LogP contribution in [0, 0.1) is 17.2 Å². The number of hydrogen-bond donors (Lipinski definition) is 0. The van der Waals surface area contributed by atoms with Crippen molar-refractivity contribution in [2.75, 3.05) is 14.2 Å². The smallest absolute Gasteiger partial charge is 0.239 e. The topological polar surface area (TPSA) is 53.3 Å². The van der Waals surface area contributed by atoms with Crippen LogP contribution in [0.4, 0.5) is 0 Å². The molecule has 0 aromatic heterocycles. The van der Waals surface area contributed by atoms with Crippen molar-refractivity contribution < 1.29 is 9.53 Å². The maximum atomic E-state index is 11.7. The summed E-state index contributed by atoms with van der Waals surface area (Å²) in [4.78, 5) is 13.2. The molecule has 17 heavy (non-hydrogen) atoms. The molecule has 1 atom stereocenters. The molecular formula is C13H16N2O2. The maximum absolute atomic E-state index is 11.7. The first kappa shape index (κ1) is 13.0. The molecule has 0 fully saturated rings. The molecule has 1 aromatic carbocycles. The molecule has 0 spiro atoms. The van der Waals surface area contributed by atoms with Gasteiger partial charge in [-0.3, -0.25) is 4.79 Å². The van der Waals surface area contributed by atoms with Crippen LogP contribution in [0.25, 0.3) is 0 Å². The Labute approximate surface area is 101 Å². The second kappa shape index (κ2) is 5.90. The number of ether oxygens (including phenoxy) is 1. The molecule has 1 aromatic rings. The Balaban J connectivity index is 2.65. The van der Waals surface area contributed by atoms with Gasteiger partial charge >= 0.3 is 0 Å². The van der Waals surface area contributed by atoms with Crippen molar-refractivity contribution in [3.8, 4) is 11.8 Å². The first-order valence-electron chi connectivity index (χ1n) is 5.36. The van der Waals surface area contributed by atoms with Gasteiger partial charge in [0.15, 0.2) is 0 Å². The van der Waals surface area contributed by atoms with Crippen molar-refractivity contribution >= 4 is 5.91 Å². The third kappa shape index (κ3) is 3.49. The van der Waals surface area contributed by atoms with Gasteiger partial charge in [0, 0.05) is 13.6 Å². The number of nitriles is 1. The summed E-state index contributed by atoms with van der Waals surface area (Å²) in [7, 11) is 3.31. The van der Waals surface area contributed by atoms with E-state index in [1.165, 1.54) is 0 Å². The zero-order valence-corrected chi connectivity index (χ0v) is 10.3. The van der Waals surface area contributed by atoms with Crippen molar-refractivity contribution in [1.82, 2.24) is 4.90 Å². The summed E-state index contributed by atoms with van der Waals surface area (Å²) in [5.41, 5.74) is 1.01. The minimum absolute atomic E-state index is 0.164. The average Bonchev–Trinajstić information content (AvgIpc) is 2.37. The molecule has 0 N–H and O–H groups in total. The third-order valence-electron chi connectivity index (χ3n) is 2.52. The fourth-order valence-electron chi connectivity index (χ4n) is 1.47. The third-order valence-corrected chi connectivity index (χ3v) is 2.52. The number of nitrogens with zero attached hydrogens (tertiary/aromatic N) is 2. The van der Waals surface area contributed by atoms with E-state index in [1.807, 2.05) is 30.3 Å². The number of amides is 1. The van der Waals surface area contributed by atoms with Gasteiger partial charge in [0.2, 0.25) is 5.91 Å². The summed E-state index contributed by atoms with van der Waals surface area (Å²) in [6, 6.07) is 9.44. The number of methoxy groups -OCH3 is 1. The van der Waals surface area contributed by atoms with E-state index in [2.05, 4.69) is 0 Å². The van der Waals surface area contributed by atoms with Crippen molar-refractivity contribution in [2.45, 2.75) is 13.5 Å². The fraction of sp³-hybridized carbons (Fsp3) is 0.385. The highest BCUT2D eigenvalue weighted by molar-refractivity contribution is 5.80. The highest BCUT2D eigenvalue weighted by Crippen LogP contribution is 2.13. The summed E-state index contributed by atoms with van der Waals surface area (Å²) >= 11 is 0. The van der Waals surface area contributed by atoms with Crippen LogP contribution in [0.2, 0.25) is 0 Å². The summed E-state index contributed by atoms with van der Waals surface area (Å²) in [6.07, 6.45) is 0. The lowest BCUT2D eigenvalue weighted by molar-refractivity contribution is -0.132. The van der Waals surface area contributed by atoms with Crippen LogP contribution in [-0.4, -0.2) is 25.0 Å². The first-order chi connectivity index (χ1) is 8.08. The van der Waals surface area contributed by atoms with Crippen LogP contribution >= 0.6 is 0 Å². The van der Waals surface area contributed by atoms with Crippen LogP contribution < -0.4 is 4.74 Å². The Morgan fingerprint density at radius 1 is 1.47 bits per heavy atom. The Bertz CT molecular complexity index is 420. The van der Waals surface area contributed by atoms with Crippen LogP contribution in [0.1, 0.15) is 12.5 Å². The molecule has 0 heterocycles. The van der Waals surface area contributed by atoms with Gasteiger partial charge in [0.25, 0.3) is 0 Å². The monoisotopic (exact) mass is 232 g/mol. The summed E-state index contributed by atoms with van der Waals surface area (Å²) in [5, 5.41) is 8.67. The standard InChI is InChI=1S/C13H16N2O2/c1-10(8-14)13(16)15(2)9-11-4-6-12(17-3)7-5-11/h4-7,10H,9H2,1-3H3. The molecule has 0 saturated heterocycles. The van der Waals surface area contributed by atoms with E-state index < -0.39 is 5.92 Å². The lowest BCUT2D eigenvalue weighted by atomic mass is 10.1. The van der Waals surface area contributed by atoms with E-state index in [0.717, 1.165) is 11.3 Å². The zero-order valence-electron chi connectivity index (χ0n) is 10.3. The molecule has 1 amide bonds. The number of hydrogen-bond acceptors (Lipinski definition) is 3. The second-order valence-corrected chi connectivity index (χ2v) is 3.89.